The molecule has 2 rings (SSSR count). The minimum Gasteiger partial charge on any atom is -0.379 e. The summed E-state index contributed by atoms with van der Waals surface area (Å²) in [6.07, 6.45) is 0.635. The van der Waals surface area contributed by atoms with E-state index in [0.29, 0.717) is 19.6 Å². The number of nitrogens with one attached hydrogen (secondary N) is 1. The van der Waals surface area contributed by atoms with E-state index in [1.807, 2.05) is 0 Å². The quantitative estimate of drug-likeness (QED) is 0.843. The van der Waals surface area contributed by atoms with Crippen molar-refractivity contribution in [3.05, 3.63) is 29.6 Å². The number of hydrogen-bond acceptors (Lipinski definition) is 4. The molecule has 1 saturated heterocycles. The molecule has 1 fully saturated rings. The summed E-state index contributed by atoms with van der Waals surface area (Å²) in [5, 5.41) is 7.65. The summed E-state index contributed by atoms with van der Waals surface area (Å²) in [4.78, 5) is 11.6. The molecule has 1 aliphatic heterocycles. The predicted molar refractivity (Wildman–Crippen MR) is 69.1 cm³/mol. The highest BCUT2D eigenvalue weighted by molar-refractivity contribution is 7.89. The molecule has 110 valence electrons. The molecule has 1 unspecified atom stereocenters. The zero-order chi connectivity index (χ0) is 15.0. The minimum absolute atomic E-state index is 0.0952. The molecule has 0 aromatic heterocycles. The van der Waals surface area contributed by atoms with Crippen LogP contribution >= 0.6 is 0 Å². The molecule has 20 heavy (non-hydrogen) atoms. The van der Waals surface area contributed by atoms with Gasteiger partial charge < -0.3 is 10.1 Å². The van der Waals surface area contributed by atoms with Crippen LogP contribution in [0.15, 0.2) is 23.1 Å². The van der Waals surface area contributed by atoms with Crippen LogP contribution in [0.3, 0.4) is 0 Å². The van der Waals surface area contributed by atoms with Crippen molar-refractivity contribution in [3.8, 4) is 0 Å². The Morgan fingerprint density at radius 2 is 2.15 bits per heavy atom. The second-order valence-corrected chi connectivity index (χ2v) is 6.60. The number of rotatable bonds is 3. The van der Waals surface area contributed by atoms with Crippen LogP contribution in [0.2, 0.25) is 0 Å². The lowest BCUT2D eigenvalue weighted by Crippen LogP contribution is -2.46. The van der Waals surface area contributed by atoms with Crippen LogP contribution in [-0.4, -0.2) is 33.1 Å². The second kappa shape index (κ2) is 5.12. The monoisotopic (exact) mass is 302 g/mol. The molecule has 0 aliphatic carbocycles. The van der Waals surface area contributed by atoms with Gasteiger partial charge in [-0.05, 0) is 31.5 Å². The number of sulfonamides is 1. The van der Waals surface area contributed by atoms with Gasteiger partial charge in [0.25, 0.3) is 5.91 Å². The first-order valence-electron chi connectivity index (χ1n) is 5.93. The van der Waals surface area contributed by atoms with Crippen molar-refractivity contribution in [2.24, 2.45) is 5.14 Å². The van der Waals surface area contributed by atoms with Gasteiger partial charge in [-0.3, -0.25) is 4.79 Å². The van der Waals surface area contributed by atoms with Crippen LogP contribution in [0, 0.1) is 5.82 Å². The molecule has 1 aromatic carbocycles. The Bertz CT molecular complexity index is 639. The van der Waals surface area contributed by atoms with Crippen molar-refractivity contribution in [2.75, 3.05) is 13.2 Å². The Kier molecular flexibility index (Phi) is 3.81. The highest BCUT2D eigenvalue weighted by atomic mass is 32.2. The van der Waals surface area contributed by atoms with E-state index in [4.69, 9.17) is 9.88 Å². The predicted octanol–water partition coefficient (Wildman–Crippen LogP) is 0.382. The van der Waals surface area contributed by atoms with Crippen molar-refractivity contribution >= 4 is 15.9 Å². The zero-order valence-electron chi connectivity index (χ0n) is 10.8. The minimum atomic E-state index is -4.07. The number of primary sulfonamides is 1. The van der Waals surface area contributed by atoms with E-state index in [1.165, 1.54) is 0 Å². The molecule has 0 spiro atoms. The molecule has 1 aliphatic rings. The standard InChI is InChI=1S/C12H15FN2O4S/c1-12(2-3-19-7-12)15-11(16)8-4-9(13)6-10(5-8)20(14,17)18/h4-6H,2-3,7H2,1H3,(H,15,16)(H2,14,17,18). The number of ether oxygens (including phenoxy) is 1. The maximum Gasteiger partial charge on any atom is 0.251 e. The second-order valence-electron chi connectivity index (χ2n) is 5.04. The largest absolute Gasteiger partial charge is 0.379 e. The van der Waals surface area contributed by atoms with Crippen LogP contribution in [0.1, 0.15) is 23.7 Å². The molecular formula is C12H15FN2O4S. The normalized spacial score (nSPS) is 22.8. The van der Waals surface area contributed by atoms with Crippen molar-refractivity contribution in [3.63, 3.8) is 0 Å². The van der Waals surface area contributed by atoms with Gasteiger partial charge in [0.15, 0.2) is 0 Å². The molecule has 1 aromatic rings. The van der Waals surface area contributed by atoms with Gasteiger partial charge in [-0.15, -0.1) is 0 Å². The Labute approximate surface area is 116 Å². The molecule has 6 nitrogen and oxygen atoms in total. The fourth-order valence-electron chi connectivity index (χ4n) is 1.97. The maximum absolute atomic E-state index is 13.4. The van der Waals surface area contributed by atoms with E-state index < -0.39 is 32.2 Å². The van der Waals surface area contributed by atoms with Crippen molar-refractivity contribution in [1.29, 1.82) is 0 Å². The Morgan fingerprint density at radius 1 is 1.45 bits per heavy atom. The molecule has 0 bridgehead atoms. The van der Waals surface area contributed by atoms with Gasteiger partial charge in [-0.2, -0.15) is 0 Å². The van der Waals surface area contributed by atoms with Crippen LogP contribution in [0.4, 0.5) is 4.39 Å². The van der Waals surface area contributed by atoms with Crippen LogP contribution < -0.4 is 10.5 Å². The van der Waals surface area contributed by atoms with Gasteiger partial charge in [-0.25, -0.2) is 17.9 Å². The lowest BCUT2D eigenvalue weighted by atomic mass is 10.0. The van der Waals surface area contributed by atoms with E-state index in [1.54, 1.807) is 6.92 Å². The first-order valence-corrected chi connectivity index (χ1v) is 7.48. The van der Waals surface area contributed by atoms with E-state index in [9.17, 15) is 17.6 Å². The molecule has 1 amide bonds. The summed E-state index contributed by atoms with van der Waals surface area (Å²) in [5.74, 6) is -1.41. The average Bonchev–Trinajstić information content (AvgIpc) is 2.73. The molecule has 0 radical (unpaired) electrons. The average molecular weight is 302 g/mol. The zero-order valence-corrected chi connectivity index (χ0v) is 11.7. The first kappa shape index (κ1) is 14.9. The van der Waals surface area contributed by atoms with E-state index >= 15 is 0 Å². The summed E-state index contributed by atoms with van der Waals surface area (Å²) in [5.41, 5.74) is -0.632. The van der Waals surface area contributed by atoms with Gasteiger partial charge in [-0.1, -0.05) is 0 Å². The number of hydrogen-bond donors (Lipinski definition) is 2. The smallest absolute Gasteiger partial charge is 0.251 e. The van der Waals surface area contributed by atoms with Gasteiger partial charge in [0, 0.05) is 12.2 Å². The number of amides is 1. The van der Waals surface area contributed by atoms with E-state index in [-0.39, 0.29) is 5.56 Å². The van der Waals surface area contributed by atoms with Crippen LogP contribution in [0.5, 0.6) is 0 Å². The fourth-order valence-corrected chi connectivity index (χ4v) is 2.54. The topological polar surface area (TPSA) is 98.5 Å². The van der Waals surface area contributed by atoms with Gasteiger partial charge >= 0.3 is 0 Å². The lowest BCUT2D eigenvalue weighted by Gasteiger charge is -2.23. The number of benzene rings is 1. The molecule has 1 heterocycles. The van der Waals surface area contributed by atoms with Gasteiger partial charge in [0.05, 0.1) is 17.0 Å². The molecule has 3 N–H and O–H groups in total. The maximum atomic E-state index is 13.4. The Morgan fingerprint density at radius 3 is 2.70 bits per heavy atom. The SMILES string of the molecule is CC1(NC(=O)c2cc(F)cc(S(N)(=O)=O)c2)CCOC1. The van der Waals surface area contributed by atoms with Gasteiger partial charge in [0.2, 0.25) is 10.0 Å². The van der Waals surface area contributed by atoms with Crippen molar-refractivity contribution in [1.82, 2.24) is 5.32 Å². The number of carbonyl (C=O) groups excluding carboxylic acids is 1. The molecule has 0 saturated carbocycles. The first-order chi connectivity index (χ1) is 9.20. The van der Waals surface area contributed by atoms with Crippen molar-refractivity contribution < 1.29 is 22.3 Å². The third kappa shape index (κ3) is 3.33. The van der Waals surface area contributed by atoms with E-state index in [0.717, 1.165) is 18.2 Å². The van der Waals surface area contributed by atoms with Crippen LogP contribution in [-0.2, 0) is 14.8 Å². The fraction of sp³-hybridized carbons (Fsp3) is 0.417. The highest BCUT2D eigenvalue weighted by Crippen LogP contribution is 2.19. The third-order valence-corrected chi connectivity index (χ3v) is 3.99. The summed E-state index contributed by atoms with van der Waals surface area (Å²) >= 11 is 0. The third-order valence-electron chi connectivity index (χ3n) is 3.10. The molecule has 1 atom stereocenters. The Hall–Kier alpha value is -1.51. The van der Waals surface area contributed by atoms with E-state index in [2.05, 4.69) is 5.32 Å². The number of carbonyl (C=O) groups is 1. The summed E-state index contributed by atoms with van der Waals surface area (Å²) in [6, 6.07) is 2.78. The van der Waals surface area contributed by atoms with Crippen molar-refractivity contribution in [2.45, 2.75) is 23.8 Å². The summed E-state index contributed by atoms with van der Waals surface area (Å²) < 4.78 is 41.1. The number of halogens is 1. The van der Waals surface area contributed by atoms with Gasteiger partial charge in [0.1, 0.15) is 5.82 Å². The number of nitrogens with two attached hydrogens (primary N) is 1. The summed E-state index contributed by atoms with van der Waals surface area (Å²) in [6.45, 7) is 2.69. The van der Waals surface area contributed by atoms with Crippen LogP contribution in [0.25, 0.3) is 0 Å². The summed E-state index contributed by atoms with van der Waals surface area (Å²) in [7, 11) is -4.07. The lowest BCUT2D eigenvalue weighted by molar-refractivity contribution is 0.0889. The highest BCUT2D eigenvalue weighted by Gasteiger charge is 2.31. The Balaban J connectivity index is 2.28. The molecular weight excluding hydrogens is 287 g/mol. The molecule has 8 heteroatoms.